The van der Waals surface area contributed by atoms with Crippen molar-refractivity contribution >= 4 is 28.9 Å². The number of fused-ring (bicyclic) bond motifs is 1. The van der Waals surface area contributed by atoms with Gasteiger partial charge in [-0.3, -0.25) is 4.57 Å². The SMILES string of the molecule is Cc1nc(N)ncc1-c1nc(N2CCOCC2)c2nc(NCCN(C)C)n(CC3CC3)c2n1. The van der Waals surface area contributed by atoms with Crippen molar-refractivity contribution in [2.24, 2.45) is 5.92 Å². The molecule has 1 saturated heterocycles. The maximum atomic E-state index is 5.79. The van der Waals surface area contributed by atoms with Crippen molar-refractivity contribution in [2.45, 2.75) is 26.3 Å². The summed E-state index contributed by atoms with van der Waals surface area (Å²) in [4.78, 5) is 27.9. The van der Waals surface area contributed by atoms with Crippen LogP contribution in [-0.4, -0.2) is 87.9 Å². The lowest BCUT2D eigenvalue weighted by Gasteiger charge is -2.28. The zero-order chi connectivity index (χ0) is 22.9. The summed E-state index contributed by atoms with van der Waals surface area (Å²) in [7, 11) is 4.14. The first-order valence-electron chi connectivity index (χ1n) is 11.6. The van der Waals surface area contributed by atoms with Gasteiger partial charge in [0.2, 0.25) is 11.9 Å². The zero-order valence-electron chi connectivity index (χ0n) is 19.6. The molecular formula is C22H32N10O. The Morgan fingerprint density at radius 3 is 2.64 bits per heavy atom. The smallest absolute Gasteiger partial charge is 0.220 e. The maximum absolute atomic E-state index is 5.79. The van der Waals surface area contributed by atoms with Crippen LogP contribution in [-0.2, 0) is 11.3 Å². The summed E-state index contributed by atoms with van der Waals surface area (Å²) in [5.74, 6) is 3.20. The van der Waals surface area contributed by atoms with Crippen LogP contribution in [0.2, 0.25) is 0 Å². The molecule has 0 atom stereocenters. The molecule has 3 aromatic heterocycles. The van der Waals surface area contributed by atoms with Gasteiger partial charge in [0.1, 0.15) is 0 Å². The van der Waals surface area contributed by atoms with Gasteiger partial charge in [0, 0.05) is 38.9 Å². The monoisotopic (exact) mass is 452 g/mol. The van der Waals surface area contributed by atoms with Gasteiger partial charge in [0.25, 0.3) is 0 Å². The van der Waals surface area contributed by atoms with Gasteiger partial charge >= 0.3 is 0 Å². The molecule has 0 radical (unpaired) electrons. The number of aromatic nitrogens is 6. The number of nitrogen functional groups attached to an aromatic ring is 1. The van der Waals surface area contributed by atoms with Crippen molar-refractivity contribution in [3.63, 3.8) is 0 Å². The number of morpholine rings is 1. The molecule has 1 saturated carbocycles. The molecule has 0 aromatic carbocycles. The average Bonchev–Trinajstić information content (AvgIpc) is 3.55. The number of aryl methyl sites for hydroxylation is 1. The van der Waals surface area contributed by atoms with E-state index in [0.29, 0.717) is 25.0 Å². The fourth-order valence-corrected chi connectivity index (χ4v) is 4.06. The molecule has 4 heterocycles. The Morgan fingerprint density at radius 2 is 1.94 bits per heavy atom. The third kappa shape index (κ3) is 4.69. The van der Waals surface area contributed by atoms with Crippen molar-refractivity contribution in [1.82, 2.24) is 34.4 Å². The molecule has 1 aliphatic carbocycles. The second-order valence-corrected chi connectivity index (χ2v) is 9.09. The lowest BCUT2D eigenvalue weighted by molar-refractivity contribution is 0.122. The highest BCUT2D eigenvalue weighted by Crippen LogP contribution is 2.35. The molecule has 11 nitrogen and oxygen atoms in total. The van der Waals surface area contributed by atoms with Gasteiger partial charge < -0.3 is 25.6 Å². The number of ether oxygens (including phenoxy) is 1. The molecule has 5 rings (SSSR count). The second kappa shape index (κ2) is 9.06. The van der Waals surface area contributed by atoms with Gasteiger partial charge in [0.15, 0.2) is 22.8 Å². The van der Waals surface area contributed by atoms with Crippen LogP contribution < -0.4 is 16.0 Å². The highest BCUT2D eigenvalue weighted by Gasteiger charge is 2.28. The van der Waals surface area contributed by atoms with Crippen molar-refractivity contribution in [2.75, 3.05) is 69.4 Å². The normalized spacial score (nSPS) is 16.7. The molecule has 3 aromatic rings. The molecule has 2 aliphatic rings. The van der Waals surface area contributed by atoms with E-state index in [1.165, 1.54) is 12.8 Å². The predicted molar refractivity (Wildman–Crippen MR) is 128 cm³/mol. The molecule has 3 N–H and O–H groups in total. The van der Waals surface area contributed by atoms with Crippen molar-refractivity contribution in [3.8, 4) is 11.4 Å². The van der Waals surface area contributed by atoms with Crippen molar-refractivity contribution in [3.05, 3.63) is 11.9 Å². The number of nitrogens with zero attached hydrogens (tertiary/aromatic N) is 8. The van der Waals surface area contributed by atoms with Gasteiger partial charge in [-0.1, -0.05) is 0 Å². The fraction of sp³-hybridized carbons (Fsp3) is 0.591. The Morgan fingerprint density at radius 1 is 1.15 bits per heavy atom. The van der Waals surface area contributed by atoms with E-state index in [4.69, 9.17) is 25.4 Å². The Labute approximate surface area is 193 Å². The van der Waals surface area contributed by atoms with E-state index in [-0.39, 0.29) is 5.95 Å². The van der Waals surface area contributed by atoms with Gasteiger partial charge in [-0.2, -0.15) is 0 Å². The molecule has 0 spiro atoms. The number of imidazole rings is 1. The first-order valence-corrected chi connectivity index (χ1v) is 11.6. The first kappa shape index (κ1) is 21.8. The standard InChI is InChI=1S/C22H32N10O/c1-14-16(12-25-21(23)26-14)18-28-19(31-8-10-33-11-9-31)17-20(29-18)32(13-15-4-5-15)22(27-17)24-6-7-30(2)3/h12,15H,4-11,13H2,1-3H3,(H,24,27)(H2,23,25,26). The number of nitrogens with one attached hydrogen (secondary N) is 1. The summed E-state index contributed by atoms with van der Waals surface area (Å²) in [5, 5.41) is 3.53. The van der Waals surface area contributed by atoms with Crippen LogP contribution in [0.5, 0.6) is 0 Å². The largest absolute Gasteiger partial charge is 0.378 e. The van der Waals surface area contributed by atoms with Crippen molar-refractivity contribution < 1.29 is 4.74 Å². The minimum atomic E-state index is 0.247. The van der Waals surface area contributed by atoms with Crippen LogP contribution in [0.3, 0.4) is 0 Å². The Balaban J connectivity index is 1.65. The molecule has 0 bridgehead atoms. The van der Waals surface area contributed by atoms with E-state index in [0.717, 1.165) is 66.9 Å². The lowest BCUT2D eigenvalue weighted by atomic mass is 10.2. The van der Waals surface area contributed by atoms with Crippen LogP contribution in [0.25, 0.3) is 22.6 Å². The average molecular weight is 453 g/mol. The fourth-order valence-electron chi connectivity index (χ4n) is 4.06. The number of likely N-dealkylation sites (N-methyl/N-ethyl adjacent to an activating group) is 1. The summed E-state index contributed by atoms with van der Waals surface area (Å²) in [6.07, 6.45) is 4.20. The Hall–Kier alpha value is -3.05. The number of anilines is 3. The van der Waals surface area contributed by atoms with Gasteiger partial charge in [-0.05, 0) is 39.8 Å². The van der Waals surface area contributed by atoms with Crippen LogP contribution in [0, 0.1) is 12.8 Å². The van der Waals surface area contributed by atoms with E-state index in [1.54, 1.807) is 6.20 Å². The summed E-state index contributed by atoms with van der Waals surface area (Å²) in [5.41, 5.74) is 8.99. The molecule has 11 heteroatoms. The summed E-state index contributed by atoms with van der Waals surface area (Å²) in [6.45, 7) is 7.40. The predicted octanol–water partition coefficient (Wildman–Crippen LogP) is 1.39. The molecule has 1 aliphatic heterocycles. The van der Waals surface area contributed by atoms with Crippen molar-refractivity contribution in [1.29, 1.82) is 0 Å². The topological polar surface area (TPSA) is 123 Å². The summed E-state index contributed by atoms with van der Waals surface area (Å²) < 4.78 is 7.81. The van der Waals surface area contributed by atoms with E-state index in [2.05, 4.69) is 43.7 Å². The number of hydrogen-bond acceptors (Lipinski definition) is 10. The summed E-state index contributed by atoms with van der Waals surface area (Å²) >= 11 is 0. The number of nitrogens with two attached hydrogens (primary N) is 1. The number of rotatable bonds is 8. The lowest BCUT2D eigenvalue weighted by Crippen LogP contribution is -2.37. The van der Waals surface area contributed by atoms with E-state index < -0.39 is 0 Å². The minimum absolute atomic E-state index is 0.247. The quantitative estimate of drug-likeness (QED) is 0.518. The van der Waals surface area contributed by atoms with Crippen LogP contribution in [0.1, 0.15) is 18.5 Å². The second-order valence-electron chi connectivity index (χ2n) is 9.09. The first-order chi connectivity index (χ1) is 16.0. The number of hydrogen-bond donors (Lipinski definition) is 2. The third-order valence-electron chi connectivity index (χ3n) is 6.11. The molecule has 0 amide bonds. The third-order valence-corrected chi connectivity index (χ3v) is 6.11. The Bertz CT molecular complexity index is 1130. The van der Waals surface area contributed by atoms with Crippen LogP contribution in [0.4, 0.5) is 17.7 Å². The van der Waals surface area contributed by atoms with Gasteiger partial charge in [0.05, 0.1) is 24.5 Å². The minimum Gasteiger partial charge on any atom is -0.378 e. The van der Waals surface area contributed by atoms with E-state index in [9.17, 15) is 0 Å². The van der Waals surface area contributed by atoms with E-state index >= 15 is 0 Å². The molecule has 2 fully saturated rings. The van der Waals surface area contributed by atoms with E-state index in [1.807, 2.05) is 6.92 Å². The van der Waals surface area contributed by atoms with Gasteiger partial charge in [-0.25, -0.2) is 24.9 Å². The molecular weight excluding hydrogens is 420 g/mol. The Kier molecular flexibility index (Phi) is 5.98. The molecule has 33 heavy (non-hydrogen) atoms. The maximum Gasteiger partial charge on any atom is 0.220 e. The molecule has 0 unspecified atom stereocenters. The summed E-state index contributed by atoms with van der Waals surface area (Å²) in [6, 6.07) is 0. The molecule has 176 valence electrons. The van der Waals surface area contributed by atoms with Gasteiger partial charge in [-0.15, -0.1) is 0 Å². The highest BCUT2D eigenvalue weighted by molar-refractivity contribution is 5.88. The van der Waals surface area contributed by atoms with Crippen LogP contribution >= 0.6 is 0 Å². The zero-order valence-corrected chi connectivity index (χ0v) is 19.6. The highest BCUT2D eigenvalue weighted by atomic mass is 16.5. The van der Waals surface area contributed by atoms with Crippen LogP contribution in [0.15, 0.2) is 6.20 Å².